The van der Waals surface area contributed by atoms with Gasteiger partial charge in [-0.1, -0.05) is 92.7 Å². The summed E-state index contributed by atoms with van der Waals surface area (Å²) in [4.78, 5) is 3.68. The molecule has 1 N–H and O–H groups in total. The highest BCUT2D eigenvalue weighted by Gasteiger charge is 2.37. The Hall–Kier alpha value is -3.32. The van der Waals surface area contributed by atoms with Crippen LogP contribution in [0.3, 0.4) is 0 Å². The Morgan fingerprint density at radius 3 is 2.07 bits per heavy atom. The molecule has 0 bridgehead atoms. The molecule has 0 amide bonds. The van der Waals surface area contributed by atoms with Gasteiger partial charge in [0.25, 0.3) is 0 Å². The van der Waals surface area contributed by atoms with Crippen LogP contribution in [0.15, 0.2) is 84.9 Å². The molecule has 6 rings (SSSR count). The van der Waals surface area contributed by atoms with Crippen molar-refractivity contribution in [3.05, 3.63) is 96.1 Å². The smallest absolute Gasteiger partial charge is 0.0544 e. The van der Waals surface area contributed by atoms with E-state index in [-0.39, 0.29) is 5.41 Å². The van der Waals surface area contributed by atoms with Crippen molar-refractivity contribution in [3.8, 4) is 22.3 Å². The third-order valence-electron chi connectivity index (χ3n) is 6.41. The van der Waals surface area contributed by atoms with Gasteiger partial charge in [0.05, 0.1) is 5.52 Å². The maximum absolute atomic E-state index is 3.68. The maximum Gasteiger partial charge on any atom is 0.0544 e. The minimum absolute atomic E-state index is 0.0172. The highest BCUT2D eigenvalue weighted by Crippen LogP contribution is 2.52. The molecule has 1 aromatic heterocycles. The molecule has 0 saturated heterocycles. The minimum atomic E-state index is -0.0172. The number of H-pyrrole nitrogens is 1. The van der Waals surface area contributed by atoms with Crippen molar-refractivity contribution in [1.82, 2.24) is 4.98 Å². The van der Waals surface area contributed by atoms with Crippen LogP contribution in [-0.2, 0) is 5.41 Å². The zero-order valence-electron chi connectivity index (χ0n) is 16.1. The molecule has 1 aliphatic rings. The molecule has 0 saturated carbocycles. The third-order valence-corrected chi connectivity index (χ3v) is 6.41. The minimum Gasteiger partial charge on any atom is -0.354 e. The summed E-state index contributed by atoms with van der Waals surface area (Å²) >= 11 is 0. The van der Waals surface area contributed by atoms with Crippen LogP contribution in [0, 0.1) is 0 Å². The van der Waals surface area contributed by atoms with E-state index in [2.05, 4.69) is 104 Å². The molecule has 134 valence electrons. The molecular formula is C27H21N. The Balaban J connectivity index is 1.71. The Morgan fingerprint density at radius 2 is 1.18 bits per heavy atom. The predicted octanol–water partition coefficient (Wildman–Crippen LogP) is 7.29. The van der Waals surface area contributed by atoms with E-state index in [0.717, 1.165) is 0 Å². The molecule has 1 nitrogen and oxygen atoms in total. The van der Waals surface area contributed by atoms with Crippen molar-refractivity contribution in [1.29, 1.82) is 0 Å². The first kappa shape index (κ1) is 15.7. The van der Waals surface area contributed by atoms with Gasteiger partial charge in [-0.05, 0) is 33.9 Å². The second-order valence-corrected chi connectivity index (χ2v) is 8.30. The van der Waals surface area contributed by atoms with Gasteiger partial charge >= 0.3 is 0 Å². The van der Waals surface area contributed by atoms with Gasteiger partial charge < -0.3 is 4.98 Å². The lowest BCUT2D eigenvalue weighted by Gasteiger charge is -2.24. The number of hydrogen-bond acceptors (Lipinski definition) is 0. The number of nitrogens with one attached hydrogen (secondary N) is 1. The molecular weight excluding hydrogens is 338 g/mol. The number of aromatic nitrogens is 1. The number of fused-ring (bicyclic) bond motifs is 6. The summed E-state index contributed by atoms with van der Waals surface area (Å²) in [5.41, 5.74) is 10.6. The highest BCUT2D eigenvalue weighted by atomic mass is 14.7. The van der Waals surface area contributed by atoms with Crippen LogP contribution in [0.4, 0.5) is 0 Å². The standard InChI is InChI=1S/C27H21N/c1-27(2)23-15-5-3-9-17(23)19-11-7-12-20(25(19)27)22-14-8-13-21-18-10-4-6-16-24(18)28-26(21)22/h3-16,28H,1-2H3. The first-order valence-electron chi connectivity index (χ1n) is 9.89. The van der Waals surface area contributed by atoms with E-state index in [1.165, 1.54) is 55.2 Å². The summed E-state index contributed by atoms with van der Waals surface area (Å²) in [6, 6.07) is 30.8. The fraction of sp³-hybridized carbons (Fsp3) is 0.111. The van der Waals surface area contributed by atoms with Crippen LogP contribution >= 0.6 is 0 Å². The van der Waals surface area contributed by atoms with E-state index in [0.29, 0.717) is 0 Å². The van der Waals surface area contributed by atoms with E-state index >= 15 is 0 Å². The predicted molar refractivity (Wildman–Crippen MR) is 119 cm³/mol. The lowest BCUT2D eigenvalue weighted by molar-refractivity contribution is 0.662. The molecule has 5 aromatic rings. The van der Waals surface area contributed by atoms with Crippen molar-refractivity contribution >= 4 is 21.8 Å². The molecule has 1 heteroatoms. The molecule has 0 unspecified atom stereocenters. The summed E-state index contributed by atoms with van der Waals surface area (Å²) in [6.45, 7) is 4.71. The summed E-state index contributed by atoms with van der Waals surface area (Å²) < 4.78 is 0. The molecule has 1 aliphatic carbocycles. The number of hydrogen-bond donors (Lipinski definition) is 1. The number of rotatable bonds is 1. The number of aromatic amines is 1. The van der Waals surface area contributed by atoms with E-state index in [4.69, 9.17) is 0 Å². The Kier molecular flexibility index (Phi) is 3.01. The lowest BCUT2D eigenvalue weighted by Crippen LogP contribution is -2.16. The zero-order valence-corrected chi connectivity index (χ0v) is 16.1. The summed E-state index contributed by atoms with van der Waals surface area (Å²) in [7, 11) is 0. The van der Waals surface area contributed by atoms with Crippen molar-refractivity contribution in [2.45, 2.75) is 19.3 Å². The number of benzene rings is 4. The van der Waals surface area contributed by atoms with Crippen LogP contribution < -0.4 is 0 Å². The molecule has 0 fully saturated rings. The summed E-state index contributed by atoms with van der Waals surface area (Å²) in [5.74, 6) is 0. The van der Waals surface area contributed by atoms with Gasteiger partial charge in [0.1, 0.15) is 0 Å². The van der Waals surface area contributed by atoms with Crippen molar-refractivity contribution < 1.29 is 0 Å². The van der Waals surface area contributed by atoms with Crippen LogP contribution in [0.5, 0.6) is 0 Å². The van der Waals surface area contributed by atoms with Crippen LogP contribution in [0.1, 0.15) is 25.0 Å². The molecule has 4 aromatic carbocycles. The van der Waals surface area contributed by atoms with Gasteiger partial charge in [0, 0.05) is 27.3 Å². The summed E-state index contributed by atoms with van der Waals surface area (Å²) in [6.07, 6.45) is 0. The van der Waals surface area contributed by atoms with Gasteiger partial charge in [0.15, 0.2) is 0 Å². The average Bonchev–Trinajstić information content (AvgIpc) is 3.22. The molecule has 1 heterocycles. The monoisotopic (exact) mass is 359 g/mol. The first-order valence-corrected chi connectivity index (χ1v) is 9.89. The molecule has 0 atom stereocenters. The van der Waals surface area contributed by atoms with Gasteiger partial charge in [-0.3, -0.25) is 0 Å². The Morgan fingerprint density at radius 1 is 0.571 bits per heavy atom. The average molecular weight is 359 g/mol. The normalized spacial score (nSPS) is 14.4. The first-order chi connectivity index (χ1) is 13.7. The molecule has 0 radical (unpaired) electrons. The second-order valence-electron chi connectivity index (χ2n) is 8.30. The van der Waals surface area contributed by atoms with E-state index < -0.39 is 0 Å². The largest absolute Gasteiger partial charge is 0.354 e. The molecule has 28 heavy (non-hydrogen) atoms. The van der Waals surface area contributed by atoms with Gasteiger partial charge in [-0.2, -0.15) is 0 Å². The summed E-state index contributed by atoms with van der Waals surface area (Å²) in [5, 5.41) is 2.58. The Bertz CT molecular complexity index is 1380. The van der Waals surface area contributed by atoms with Gasteiger partial charge in [-0.15, -0.1) is 0 Å². The maximum atomic E-state index is 3.68. The molecule has 0 aliphatic heterocycles. The van der Waals surface area contributed by atoms with Crippen LogP contribution in [-0.4, -0.2) is 4.98 Å². The fourth-order valence-corrected chi connectivity index (χ4v) is 5.17. The Labute approximate surface area is 164 Å². The highest BCUT2D eigenvalue weighted by molar-refractivity contribution is 6.12. The third kappa shape index (κ3) is 1.91. The van der Waals surface area contributed by atoms with E-state index in [9.17, 15) is 0 Å². The van der Waals surface area contributed by atoms with E-state index in [1.54, 1.807) is 0 Å². The second kappa shape index (κ2) is 5.36. The van der Waals surface area contributed by atoms with Gasteiger partial charge in [-0.25, -0.2) is 0 Å². The molecule has 0 spiro atoms. The van der Waals surface area contributed by atoms with Crippen molar-refractivity contribution in [2.75, 3.05) is 0 Å². The topological polar surface area (TPSA) is 15.8 Å². The van der Waals surface area contributed by atoms with Crippen molar-refractivity contribution in [3.63, 3.8) is 0 Å². The van der Waals surface area contributed by atoms with Crippen LogP contribution in [0.2, 0.25) is 0 Å². The van der Waals surface area contributed by atoms with E-state index in [1.807, 2.05) is 0 Å². The lowest BCUT2D eigenvalue weighted by atomic mass is 9.78. The number of para-hydroxylation sites is 2. The quantitative estimate of drug-likeness (QED) is 0.323. The van der Waals surface area contributed by atoms with Crippen LogP contribution in [0.25, 0.3) is 44.1 Å². The zero-order chi connectivity index (χ0) is 18.9. The van der Waals surface area contributed by atoms with Gasteiger partial charge in [0.2, 0.25) is 0 Å². The van der Waals surface area contributed by atoms with Crippen molar-refractivity contribution in [2.24, 2.45) is 0 Å². The SMILES string of the molecule is CC1(C)c2ccccc2-c2cccc(-c3cccc4c3[nH]c3ccccc34)c21. The fourth-order valence-electron chi connectivity index (χ4n) is 5.17.